The third kappa shape index (κ3) is 9.97. The van der Waals surface area contributed by atoms with Gasteiger partial charge in [-0.25, -0.2) is 0 Å². The number of hydrogen-bond acceptors (Lipinski definition) is 1. The first kappa shape index (κ1) is 23.3. The monoisotopic (exact) mass is 384 g/mol. The summed E-state index contributed by atoms with van der Waals surface area (Å²) in [5, 5.41) is 0. The number of hydrogen-bond donors (Lipinski definition) is 0. The van der Waals surface area contributed by atoms with Crippen molar-refractivity contribution < 1.29 is 4.74 Å². The SMILES string of the molecule is CCCCCC1CCC(/C=C/C#C/C=C/C2CCC(OCCCC)CC2)CC1. The summed E-state index contributed by atoms with van der Waals surface area (Å²) in [6.07, 6.45) is 28.0. The van der Waals surface area contributed by atoms with Crippen LogP contribution >= 0.6 is 0 Å². The Morgan fingerprint density at radius 2 is 1.29 bits per heavy atom. The van der Waals surface area contributed by atoms with Crippen molar-refractivity contribution in [3.8, 4) is 11.8 Å². The van der Waals surface area contributed by atoms with Crippen LogP contribution in [0.25, 0.3) is 0 Å². The Morgan fingerprint density at radius 3 is 1.86 bits per heavy atom. The third-order valence-corrected chi connectivity index (χ3v) is 6.66. The van der Waals surface area contributed by atoms with Crippen LogP contribution in [0, 0.1) is 29.6 Å². The molecule has 0 aliphatic heterocycles. The van der Waals surface area contributed by atoms with E-state index in [1.165, 1.54) is 89.9 Å². The van der Waals surface area contributed by atoms with Crippen molar-refractivity contribution in [2.24, 2.45) is 17.8 Å². The molecule has 2 aliphatic rings. The smallest absolute Gasteiger partial charge is 0.0575 e. The Hall–Kier alpha value is -1.00. The second-order valence-electron chi connectivity index (χ2n) is 9.04. The summed E-state index contributed by atoms with van der Waals surface area (Å²) in [6, 6.07) is 0. The first-order valence-electron chi connectivity index (χ1n) is 12.3. The van der Waals surface area contributed by atoms with E-state index < -0.39 is 0 Å². The van der Waals surface area contributed by atoms with E-state index in [0.717, 1.165) is 18.4 Å². The van der Waals surface area contributed by atoms with E-state index in [1.807, 2.05) is 0 Å². The number of allylic oxidation sites excluding steroid dienone is 4. The van der Waals surface area contributed by atoms with Gasteiger partial charge in [-0.1, -0.05) is 69.9 Å². The highest BCUT2D eigenvalue weighted by Gasteiger charge is 2.20. The maximum absolute atomic E-state index is 5.96. The van der Waals surface area contributed by atoms with Crippen LogP contribution in [0.5, 0.6) is 0 Å². The van der Waals surface area contributed by atoms with Crippen LogP contribution in [-0.2, 0) is 4.74 Å². The zero-order chi connectivity index (χ0) is 19.9. The summed E-state index contributed by atoms with van der Waals surface area (Å²) < 4.78 is 5.96. The van der Waals surface area contributed by atoms with Gasteiger partial charge in [0.15, 0.2) is 0 Å². The molecule has 2 rings (SSSR count). The fourth-order valence-corrected chi connectivity index (χ4v) is 4.66. The lowest BCUT2D eigenvalue weighted by Gasteiger charge is -2.26. The van der Waals surface area contributed by atoms with Gasteiger partial charge in [-0.3, -0.25) is 0 Å². The summed E-state index contributed by atoms with van der Waals surface area (Å²) in [6.45, 7) is 5.47. The van der Waals surface area contributed by atoms with Crippen LogP contribution in [0.4, 0.5) is 0 Å². The van der Waals surface area contributed by atoms with Gasteiger partial charge in [-0.2, -0.15) is 0 Å². The Labute approximate surface area is 175 Å². The Morgan fingerprint density at radius 1 is 0.714 bits per heavy atom. The zero-order valence-electron chi connectivity index (χ0n) is 18.6. The molecule has 0 N–H and O–H groups in total. The molecule has 0 amide bonds. The molecule has 0 heterocycles. The molecule has 0 radical (unpaired) electrons. The van der Waals surface area contributed by atoms with E-state index in [4.69, 9.17) is 4.74 Å². The standard InChI is InChI=1S/C27H44O/c1-3-5-9-12-24-15-17-25(18-16-24)13-10-7-8-11-14-26-19-21-27(22-20-26)28-23-6-4-2/h10-11,13-14,24-27H,3-6,9,12,15-23H2,1-2H3/b13-10+,14-11+. The predicted molar refractivity (Wildman–Crippen MR) is 122 cm³/mol. The average molecular weight is 385 g/mol. The molecule has 1 heteroatoms. The number of unbranched alkanes of at least 4 members (excludes halogenated alkanes) is 3. The molecule has 0 bridgehead atoms. The lowest BCUT2D eigenvalue weighted by atomic mass is 9.79. The molecule has 158 valence electrons. The van der Waals surface area contributed by atoms with E-state index in [0.29, 0.717) is 12.0 Å². The molecular weight excluding hydrogens is 340 g/mol. The van der Waals surface area contributed by atoms with E-state index in [9.17, 15) is 0 Å². The van der Waals surface area contributed by atoms with Crippen LogP contribution in [0.1, 0.15) is 104 Å². The number of ether oxygens (including phenoxy) is 1. The van der Waals surface area contributed by atoms with Crippen molar-refractivity contribution in [3.05, 3.63) is 24.3 Å². The van der Waals surface area contributed by atoms with Gasteiger partial charge in [0.1, 0.15) is 0 Å². The number of rotatable bonds is 10. The maximum atomic E-state index is 5.96. The molecule has 2 fully saturated rings. The molecule has 1 nitrogen and oxygen atoms in total. The summed E-state index contributed by atoms with van der Waals surface area (Å²) in [5.74, 6) is 8.91. The highest BCUT2D eigenvalue weighted by Crippen LogP contribution is 2.32. The van der Waals surface area contributed by atoms with Gasteiger partial charge in [0.2, 0.25) is 0 Å². The quantitative estimate of drug-likeness (QED) is 0.275. The maximum Gasteiger partial charge on any atom is 0.0575 e. The van der Waals surface area contributed by atoms with Crippen LogP contribution in [0.2, 0.25) is 0 Å². The van der Waals surface area contributed by atoms with Crippen LogP contribution < -0.4 is 0 Å². The van der Waals surface area contributed by atoms with Crippen molar-refractivity contribution in [1.29, 1.82) is 0 Å². The van der Waals surface area contributed by atoms with E-state index in [2.05, 4.69) is 50.0 Å². The highest BCUT2D eigenvalue weighted by atomic mass is 16.5. The van der Waals surface area contributed by atoms with Gasteiger partial charge in [0.25, 0.3) is 0 Å². The molecule has 0 saturated heterocycles. The molecule has 2 saturated carbocycles. The molecule has 0 atom stereocenters. The van der Waals surface area contributed by atoms with Crippen molar-refractivity contribution in [3.63, 3.8) is 0 Å². The molecule has 0 aromatic heterocycles. The van der Waals surface area contributed by atoms with Gasteiger partial charge >= 0.3 is 0 Å². The molecule has 28 heavy (non-hydrogen) atoms. The molecule has 2 aliphatic carbocycles. The first-order chi connectivity index (χ1) is 13.8. The Balaban J connectivity index is 1.56. The Kier molecular flexibility index (Phi) is 12.4. The largest absolute Gasteiger partial charge is 0.378 e. The summed E-state index contributed by atoms with van der Waals surface area (Å²) in [4.78, 5) is 0. The molecule has 0 aromatic rings. The second kappa shape index (κ2) is 14.9. The zero-order valence-corrected chi connectivity index (χ0v) is 18.6. The van der Waals surface area contributed by atoms with Gasteiger partial charge in [0.05, 0.1) is 6.10 Å². The van der Waals surface area contributed by atoms with E-state index in [1.54, 1.807) is 0 Å². The van der Waals surface area contributed by atoms with E-state index in [-0.39, 0.29) is 0 Å². The summed E-state index contributed by atoms with van der Waals surface area (Å²) >= 11 is 0. The molecule has 0 aromatic carbocycles. The van der Waals surface area contributed by atoms with Crippen molar-refractivity contribution >= 4 is 0 Å². The van der Waals surface area contributed by atoms with Crippen molar-refractivity contribution in [1.82, 2.24) is 0 Å². The molecular formula is C27H44O. The average Bonchev–Trinajstić information content (AvgIpc) is 2.73. The minimum Gasteiger partial charge on any atom is -0.378 e. The normalized spacial score (nSPS) is 28.5. The van der Waals surface area contributed by atoms with Crippen molar-refractivity contribution in [2.45, 2.75) is 110 Å². The molecule has 0 spiro atoms. The van der Waals surface area contributed by atoms with Gasteiger partial charge in [-0.15, -0.1) is 0 Å². The topological polar surface area (TPSA) is 9.23 Å². The predicted octanol–water partition coefficient (Wildman–Crippen LogP) is 7.86. The van der Waals surface area contributed by atoms with Crippen LogP contribution in [0.3, 0.4) is 0 Å². The Bertz CT molecular complexity index is 446. The lowest BCUT2D eigenvalue weighted by Crippen LogP contribution is -2.21. The highest BCUT2D eigenvalue weighted by molar-refractivity contribution is 5.24. The van der Waals surface area contributed by atoms with Crippen LogP contribution in [-0.4, -0.2) is 12.7 Å². The second-order valence-corrected chi connectivity index (χ2v) is 9.04. The summed E-state index contributed by atoms with van der Waals surface area (Å²) in [5.41, 5.74) is 0. The van der Waals surface area contributed by atoms with Gasteiger partial charge in [-0.05, 0) is 87.7 Å². The molecule has 0 unspecified atom stereocenters. The fraction of sp³-hybridized carbons (Fsp3) is 0.778. The third-order valence-electron chi connectivity index (χ3n) is 6.66. The van der Waals surface area contributed by atoms with Crippen LogP contribution in [0.15, 0.2) is 24.3 Å². The fourth-order valence-electron chi connectivity index (χ4n) is 4.66. The summed E-state index contributed by atoms with van der Waals surface area (Å²) in [7, 11) is 0. The van der Waals surface area contributed by atoms with E-state index >= 15 is 0 Å². The minimum absolute atomic E-state index is 0.506. The minimum atomic E-state index is 0.506. The van der Waals surface area contributed by atoms with Crippen molar-refractivity contribution in [2.75, 3.05) is 6.61 Å². The van der Waals surface area contributed by atoms with Gasteiger partial charge in [0, 0.05) is 6.61 Å². The first-order valence-corrected chi connectivity index (χ1v) is 12.3. The van der Waals surface area contributed by atoms with Gasteiger partial charge < -0.3 is 4.74 Å². The lowest BCUT2D eigenvalue weighted by molar-refractivity contribution is 0.0209.